The quantitative estimate of drug-likeness (QED) is 0.124. The van der Waals surface area contributed by atoms with Gasteiger partial charge in [0, 0.05) is 12.1 Å². The van der Waals surface area contributed by atoms with Gasteiger partial charge in [0.2, 0.25) is 0 Å². The first-order chi connectivity index (χ1) is 21.1. The minimum absolute atomic E-state index is 0.165. The normalized spacial score (nSPS) is 10.8. The molecule has 0 aliphatic heterocycles. The van der Waals surface area contributed by atoms with Crippen molar-refractivity contribution in [2.75, 3.05) is 14.2 Å². The average Bonchev–Trinajstić information content (AvgIpc) is 3.07. The van der Waals surface area contributed by atoms with Crippen LogP contribution in [0.15, 0.2) is 121 Å². The van der Waals surface area contributed by atoms with Gasteiger partial charge >= 0.3 is 0 Å². The number of carbonyl (C=O) groups excluding carboxylic acids is 1. The Hall–Kier alpha value is -4.80. The Bertz CT molecular complexity index is 1540. The van der Waals surface area contributed by atoms with Gasteiger partial charge in [-0.05, 0) is 37.4 Å². The Morgan fingerprint density at radius 3 is 1.37 bits per heavy atom. The highest BCUT2D eigenvalue weighted by molar-refractivity contribution is 7.66. The van der Waals surface area contributed by atoms with E-state index in [4.69, 9.17) is 23.7 Å². The summed E-state index contributed by atoms with van der Waals surface area (Å²) in [5.41, 5.74) is 3.23. The Morgan fingerprint density at radius 1 is 0.535 bits per heavy atom. The lowest BCUT2D eigenvalue weighted by molar-refractivity contribution is 0.108. The second-order valence-electron chi connectivity index (χ2n) is 9.61. The molecule has 0 spiro atoms. The van der Waals surface area contributed by atoms with Crippen LogP contribution in [0.3, 0.4) is 0 Å². The van der Waals surface area contributed by atoms with Crippen LogP contribution in [0.4, 0.5) is 0 Å². The summed E-state index contributed by atoms with van der Waals surface area (Å²) in [7, 11) is 2.73. The van der Waals surface area contributed by atoms with E-state index in [0.717, 1.165) is 16.7 Å². The second-order valence-corrected chi connectivity index (χ2v) is 10.8. The van der Waals surface area contributed by atoms with E-state index in [1.165, 1.54) is 14.2 Å². The van der Waals surface area contributed by atoms with Crippen molar-refractivity contribution in [3.8, 4) is 28.7 Å². The first-order valence-electron chi connectivity index (χ1n) is 13.8. The van der Waals surface area contributed by atoms with Gasteiger partial charge in [-0.3, -0.25) is 4.79 Å². The predicted octanol–water partition coefficient (Wildman–Crippen LogP) is 7.59. The molecule has 0 aliphatic carbocycles. The Labute approximate surface area is 253 Å². The number of carbonyl (C=O) groups is 1. The summed E-state index contributed by atoms with van der Waals surface area (Å²) in [6, 6.07) is 38.7. The summed E-state index contributed by atoms with van der Waals surface area (Å²) in [5.74, 6) is 2.48. The number of hydrogen-bond acceptors (Lipinski definition) is 6. The molecule has 0 aromatic heterocycles. The third-order valence-electron chi connectivity index (χ3n) is 6.66. The van der Waals surface area contributed by atoms with Crippen LogP contribution < -0.4 is 29.0 Å². The molecular formula is C36H33O6P. The first-order valence-corrected chi connectivity index (χ1v) is 14.8. The zero-order valence-electron chi connectivity index (χ0n) is 24.1. The molecule has 5 aromatic rings. The minimum Gasteiger partial charge on any atom is -0.496 e. The molecule has 0 radical (unpaired) electrons. The lowest BCUT2D eigenvalue weighted by atomic mass is 10.2. The fourth-order valence-electron chi connectivity index (χ4n) is 4.46. The molecule has 218 valence electrons. The molecule has 5 rings (SSSR count). The van der Waals surface area contributed by atoms with E-state index in [2.05, 4.69) is 0 Å². The van der Waals surface area contributed by atoms with Crippen LogP contribution in [0.5, 0.6) is 28.7 Å². The molecule has 0 amide bonds. The summed E-state index contributed by atoms with van der Waals surface area (Å²) in [6.45, 7) is 0.992. The molecule has 0 fully saturated rings. The Balaban J connectivity index is 1.54. The van der Waals surface area contributed by atoms with Crippen LogP contribution in [-0.4, -0.2) is 19.7 Å². The smallest absolute Gasteiger partial charge is 0.193 e. The number of ether oxygens (including phenoxy) is 5. The largest absolute Gasteiger partial charge is 0.496 e. The van der Waals surface area contributed by atoms with Gasteiger partial charge in [-0.2, -0.15) is 0 Å². The summed E-state index contributed by atoms with van der Waals surface area (Å²) in [5, 5.41) is 0.636. The second kappa shape index (κ2) is 14.9. The molecule has 0 aliphatic rings. The lowest BCUT2D eigenvalue weighted by Crippen LogP contribution is -2.13. The van der Waals surface area contributed by atoms with Gasteiger partial charge in [0.25, 0.3) is 0 Å². The third kappa shape index (κ3) is 7.94. The van der Waals surface area contributed by atoms with Crippen LogP contribution in [0.1, 0.15) is 27.0 Å². The lowest BCUT2D eigenvalue weighted by Gasteiger charge is -2.19. The van der Waals surface area contributed by atoms with E-state index < -0.39 is 0 Å². The molecule has 1 atom stereocenters. The highest BCUT2D eigenvalue weighted by Crippen LogP contribution is 2.39. The van der Waals surface area contributed by atoms with E-state index in [1.807, 2.05) is 103 Å². The SMILES string of the molecule is COc1cccc(OC)c1C(=O)Pc1c(OCc2ccccc2)cc(OCc2ccccc2)cc1OCc1ccccc1. The molecule has 7 heteroatoms. The molecule has 0 heterocycles. The maximum Gasteiger partial charge on any atom is 0.193 e. The van der Waals surface area contributed by atoms with Gasteiger partial charge < -0.3 is 23.7 Å². The summed E-state index contributed by atoms with van der Waals surface area (Å²) < 4.78 is 30.1. The third-order valence-corrected chi connectivity index (χ3v) is 7.88. The van der Waals surface area contributed by atoms with Crippen molar-refractivity contribution in [3.05, 3.63) is 144 Å². The molecule has 6 nitrogen and oxygen atoms in total. The van der Waals surface area contributed by atoms with Crippen molar-refractivity contribution < 1.29 is 28.5 Å². The van der Waals surface area contributed by atoms with Crippen LogP contribution >= 0.6 is 8.58 Å². The van der Waals surface area contributed by atoms with Gasteiger partial charge in [0.15, 0.2) is 5.52 Å². The zero-order chi connectivity index (χ0) is 29.9. The van der Waals surface area contributed by atoms with E-state index in [-0.39, 0.29) is 14.1 Å². The van der Waals surface area contributed by atoms with Crippen molar-refractivity contribution in [1.82, 2.24) is 0 Å². The van der Waals surface area contributed by atoms with E-state index in [9.17, 15) is 4.79 Å². The summed E-state index contributed by atoms with van der Waals surface area (Å²) in [4.78, 5) is 13.9. The van der Waals surface area contributed by atoms with Crippen molar-refractivity contribution in [2.24, 2.45) is 0 Å². The Kier molecular flexibility index (Phi) is 10.3. The maximum atomic E-state index is 13.9. The molecule has 0 bridgehead atoms. The fraction of sp³-hybridized carbons (Fsp3) is 0.139. The van der Waals surface area contributed by atoms with Gasteiger partial charge in [-0.15, -0.1) is 0 Å². The summed E-state index contributed by atoms with van der Waals surface area (Å²) in [6.07, 6.45) is 0. The molecule has 0 saturated heterocycles. The van der Waals surface area contributed by atoms with Crippen molar-refractivity contribution in [3.63, 3.8) is 0 Å². The molecule has 43 heavy (non-hydrogen) atoms. The van der Waals surface area contributed by atoms with Gasteiger partial charge in [-0.1, -0.05) is 97.1 Å². The number of methoxy groups -OCH3 is 2. The van der Waals surface area contributed by atoms with Gasteiger partial charge in [0.05, 0.1) is 19.5 Å². The molecule has 0 N–H and O–H groups in total. The van der Waals surface area contributed by atoms with Gasteiger partial charge in [0.1, 0.15) is 54.1 Å². The minimum atomic E-state index is -0.346. The van der Waals surface area contributed by atoms with Crippen molar-refractivity contribution >= 4 is 19.4 Å². The predicted molar refractivity (Wildman–Crippen MR) is 171 cm³/mol. The van der Waals surface area contributed by atoms with Gasteiger partial charge in [-0.25, -0.2) is 0 Å². The van der Waals surface area contributed by atoms with Crippen LogP contribution in [0.2, 0.25) is 0 Å². The molecular weight excluding hydrogens is 559 g/mol. The van der Waals surface area contributed by atoms with E-state index in [0.29, 0.717) is 59.4 Å². The van der Waals surface area contributed by atoms with Crippen molar-refractivity contribution in [1.29, 1.82) is 0 Å². The number of benzene rings is 5. The van der Waals surface area contributed by atoms with E-state index >= 15 is 0 Å². The number of rotatable bonds is 14. The topological polar surface area (TPSA) is 63.2 Å². The molecule has 0 saturated carbocycles. The number of hydrogen-bond donors (Lipinski definition) is 0. The van der Waals surface area contributed by atoms with Crippen LogP contribution in [0, 0.1) is 0 Å². The average molecular weight is 593 g/mol. The fourth-order valence-corrected chi connectivity index (χ4v) is 5.60. The zero-order valence-corrected chi connectivity index (χ0v) is 25.1. The summed E-state index contributed by atoms with van der Waals surface area (Å²) >= 11 is 0. The maximum absolute atomic E-state index is 13.9. The molecule has 1 unspecified atom stereocenters. The van der Waals surface area contributed by atoms with Crippen molar-refractivity contribution in [2.45, 2.75) is 19.8 Å². The highest BCUT2D eigenvalue weighted by Gasteiger charge is 2.24. The monoisotopic (exact) mass is 592 g/mol. The standard InChI is InChI=1S/C36H33O6P/c1-38-30-19-12-20-31(39-2)34(30)36(37)43-35-32(41-24-27-15-8-4-9-16-27)21-29(40-23-26-13-6-3-7-14-26)22-33(35)42-25-28-17-10-5-11-18-28/h3-22,43H,23-25H2,1-2H3. The first kappa shape index (κ1) is 29.7. The Morgan fingerprint density at radius 2 is 0.953 bits per heavy atom. The van der Waals surface area contributed by atoms with Crippen LogP contribution in [0.25, 0.3) is 0 Å². The van der Waals surface area contributed by atoms with E-state index in [1.54, 1.807) is 18.2 Å². The van der Waals surface area contributed by atoms with Crippen LogP contribution in [-0.2, 0) is 19.8 Å². The molecule has 5 aromatic carbocycles. The highest BCUT2D eigenvalue weighted by atomic mass is 31.1.